The van der Waals surface area contributed by atoms with E-state index in [0.717, 1.165) is 23.9 Å². The number of aliphatic hydroxyl groups is 1. The molecule has 3 amide bonds. The fourth-order valence-electron chi connectivity index (χ4n) is 6.27. The molecule has 3 saturated heterocycles. The molecule has 10 nitrogen and oxygen atoms in total. The molecule has 4 heterocycles. The smallest absolute Gasteiger partial charge is 0.245 e. The first-order chi connectivity index (χ1) is 16.8. The first-order valence-corrected chi connectivity index (χ1v) is 13.1. The van der Waals surface area contributed by atoms with Crippen molar-refractivity contribution in [2.24, 2.45) is 11.8 Å². The lowest BCUT2D eigenvalue weighted by atomic mass is 9.66. The third-order valence-electron chi connectivity index (χ3n) is 7.86. The van der Waals surface area contributed by atoms with Gasteiger partial charge in [0.05, 0.1) is 34.7 Å². The molecule has 3 aliphatic rings. The van der Waals surface area contributed by atoms with Crippen molar-refractivity contribution in [1.82, 2.24) is 30.5 Å². The maximum atomic E-state index is 13.8. The number of carbonyl (C=O) groups is 3. The number of hydrogen-bond acceptors (Lipinski definition) is 7. The van der Waals surface area contributed by atoms with Gasteiger partial charge in [-0.1, -0.05) is 24.3 Å². The third-order valence-corrected chi connectivity index (χ3v) is 9.84. The van der Waals surface area contributed by atoms with Crippen molar-refractivity contribution in [1.29, 1.82) is 0 Å². The van der Waals surface area contributed by atoms with Crippen molar-refractivity contribution < 1.29 is 19.5 Å². The van der Waals surface area contributed by atoms with E-state index in [2.05, 4.69) is 20.9 Å². The highest BCUT2D eigenvalue weighted by atomic mass is 32.2. The van der Waals surface area contributed by atoms with Crippen molar-refractivity contribution in [2.45, 2.75) is 68.3 Å². The van der Waals surface area contributed by atoms with E-state index in [0.29, 0.717) is 13.0 Å². The summed E-state index contributed by atoms with van der Waals surface area (Å²) in [5.41, 5.74) is 1.52. The summed E-state index contributed by atoms with van der Waals surface area (Å²) in [6.45, 7) is 6.17. The standard InChI is InChI=1S/C24H32N6O4S/c1-4-11-25-20(32)17-18-22(34)30(14(2)12-31)19(24(18)10-9-23(17,3)35-24)21(33)26-13-29-16-8-6-5-7-15(16)27-28-29/h5-8,14,17-19,31H,4,9-13H2,1-3H3,(H,25,32)(H,26,33)/t14-,17+,18+,19?,23-,24?/m1/s1. The molecular weight excluding hydrogens is 468 g/mol. The van der Waals surface area contributed by atoms with E-state index in [4.69, 9.17) is 0 Å². The molecule has 2 aromatic rings. The van der Waals surface area contributed by atoms with Gasteiger partial charge in [0.2, 0.25) is 17.7 Å². The Kier molecular flexibility index (Phi) is 6.03. The number of benzene rings is 1. The van der Waals surface area contributed by atoms with Crippen LogP contribution in [0.5, 0.6) is 0 Å². The number of fused-ring (bicyclic) bond motifs is 2. The maximum Gasteiger partial charge on any atom is 0.245 e. The molecule has 3 N–H and O–H groups in total. The van der Waals surface area contributed by atoms with Crippen LogP contribution in [0.2, 0.25) is 0 Å². The second-order valence-corrected chi connectivity index (χ2v) is 12.0. The second-order valence-electron chi connectivity index (χ2n) is 10.1. The highest BCUT2D eigenvalue weighted by Gasteiger charge is 2.77. The van der Waals surface area contributed by atoms with Crippen LogP contribution >= 0.6 is 11.8 Å². The summed E-state index contributed by atoms with van der Waals surface area (Å²) in [5.74, 6) is -1.74. The van der Waals surface area contributed by atoms with Crippen LogP contribution in [0.25, 0.3) is 11.0 Å². The number of amides is 3. The number of aliphatic hydroxyl groups excluding tert-OH is 1. The van der Waals surface area contributed by atoms with Gasteiger partial charge >= 0.3 is 0 Å². The largest absolute Gasteiger partial charge is 0.394 e. The Bertz CT molecular complexity index is 1170. The van der Waals surface area contributed by atoms with Crippen molar-refractivity contribution in [2.75, 3.05) is 13.2 Å². The lowest BCUT2D eigenvalue weighted by molar-refractivity contribution is -0.143. The Morgan fingerprint density at radius 1 is 1.26 bits per heavy atom. The molecule has 3 aliphatic heterocycles. The van der Waals surface area contributed by atoms with Gasteiger partial charge in [-0.3, -0.25) is 14.4 Å². The zero-order valence-electron chi connectivity index (χ0n) is 20.2. The van der Waals surface area contributed by atoms with Gasteiger partial charge in [-0.25, -0.2) is 4.68 Å². The molecule has 11 heteroatoms. The van der Waals surface area contributed by atoms with Crippen molar-refractivity contribution in [3.8, 4) is 0 Å². The van der Waals surface area contributed by atoms with Crippen LogP contribution in [0, 0.1) is 11.8 Å². The fourth-order valence-corrected chi connectivity index (χ4v) is 8.61. The van der Waals surface area contributed by atoms with Crippen LogP contribution in [0.3, 0.4) is 0 Å². The Hall–Kier alpha value is -2.66. The second kappa shape index (κ2) is 8.77. The number of carbonyl (C=O) groups excluding carboxylic acids is 3. The Morgan fingerprint density at radius 2 is 2.03 bits per heavy atom. The van der Waals surface area contributed by atoms with Gasteiger partial charge < -0.3 is 20.6 Å². The van der Waals surface area contributed by atoms with E-state index in [1.807, 2.05) is 38.1 Å². The van der Waals surface area contributed by atoms with Crippen LogP contribution < -0.4 is 10.6 Å². The quantitative estimate of drug-likeness (QED) is 0.491. The number of nitrogens with zero attached hydrogens (tertiary/aromatic N) is 4. The molecule has 0 radical (unpaired) electrons. The Labute approximate surface area is 208 Å². The number of rotatable bonds is 8. The van der Waals surface area contributed by atoms with E-state index in [1.165, 1.54) is 4.90 Å². The predicted molar refractivity (Wildman–Crippen MR) is 131 cm³/mol. The van der Waals surface area contributed by atoms with E-state index < -0.39 is 33.4 Å². The summed E-state index contributed by atoms with van der Waals surface area (Å²) in [6, 6.07) is 6.16. The van der Waals surface area contributed by atoms with Crippen LogP contribution in [0.15, 0.2) is 24.3 Å². The van der Waals surface area contributed by atoms with Crippen LogP contribution in [0.1, 0.15) is 40.0 Å². The first kappa shape index (κ1) is 24.1. The molecule has 6 atom stereocenters. The molecule has 0 saturated carbocycles. The minimum absolute atomic E-state index is 0.106. The molecule has 188 valence electrons. The van der Waals surface area contributed by atoms with E-state index >= 15 is 0 Å². The molecule has 2 bridgehead atoms. The van der Waals surface area contributed by atoms with Gasteiger partial charge in [-0.15, -0.1) is 16.9 Å². The average Bonchev–Trinajstić information content (AvgIpc) is 3.56. The Morgan fingerprint density at radius 3 is 2.77 bits per heavy atom. The van der Waals surface area contributed by atoms with Gasteiger partial charge in [0.25, 0.3) is 0 Å². The molecule has 1 aromatic carbocycles. The third kappa shape index (κ3) is 3.54. The highest BCUT2D eigenvalue weighted by molar-refractivity contribution is 8.02. The SMILES string of the molecule is CCCNC(=O)[C@@H]1[C@H]2C(=O)N([C@H](C)CO)C(C(=O)NCn3nnc4ccccc43)C23CC[C@@]1(C)S3. The summed E-state index contributed by atoms with van der Waals surface area (Å²) in [5, 5.41) is 24.2. The van der Waals surface area contributed by atoms with Crippen molar-refractivity contribution >= 4 is 40.5 Å². The van der Waals surface area contributed by atoms with Gasteiger partial charge in [-0.2, -0.15) is 0 Å². The summed E-state index contributed by atoms with van der Waals surface area (Å²) in [4.78, 5) is 42.4. The summed E-state index contributed by atoms with van der Waals surface area (Å²) < 4.78 is 0.492. The minimum atomic E-state index is -0.785. The van der Waals surface area contributed by atoms with Crippen LogP contribution in [-0.4, -0.2) is 77.5 Å². The molecule has 3 fully saturated rings. The molecule has 1 aromatic heterocycles. The van der Waals surface area contributed by atoms with Crippen molar-refractivity contribution in [3.05, 3.63) is 24.3 Å². The molecule has 2 unspecified atom stereocenters. The number of aromatic nitrogens is 3. The number of thioether (sulfide) groups is 1. The summed E-state index contributed by atoms with van der Waals surface area (Å²) >= 11 is 1.62. The normalized spacial score (nSPS) is 32.2. The minimum Gasteiger partial charge on any atom is -0.394 e. The van der Waals surface area contributed by atoms with E-state index in [-0.39, 0.29) is 31.0 Å². The van der Waals surface area contributed by atoms with Gasteiger partial charge in [0.15, 0.2) is 0 Å². The van der Waals surface area contributed by atoms with E-state index in [9.17, 15) is 19.5 Å². The first-order valence-electron chi connectivity index (χ1n) is 12.2. The number of nitrogens with one attached hydrogen (secondary N) is 2. The average molecular weight is 501 g/mol. The molecule has 5 rings (SSSR count). The van der Waals surface area contributed by atoms with Crippen molar-refractivity contribution in [3.63, 3.8) is 0 Å². The number of likely N-dealkylation sites (tertiary alicyclic amines) is 1. The van der Waals surface area contributed by atoms with Gasteiger partial charge in [0, 0.05) is 11.3 Å². The zero-order chi connectivity index (χ0) is 25.0. The van der Waals surface area contributed by atoms with E-state index in [1.54, 1.807) is 23.4 Å². The molecule has 0 aliphatic carbocycles. The molecule has 1 spiro atoms. The highest BCUT2D eigenvalue weighted by Crippen LogP contribution is 2.71. The zero-order valence-corrected chi connectivity index (χ0v) is 21.0. The Balaban J connectivity index is 1.46. The fraction of sp³-hybridized carbons (Fsp3) is 0.625. The topological polar surface area (TPSA) is 129 Å². The summed E-state index contributed by atoms with van der Waals surface area (Å²) in [7, 11) is 0. The van der Waals surface area contributed by atoms with Gasteiger partial charge in [-0.05, 0) is 45.2 Å². The molecular formula is C24H32N6O4S. The van der Waals surface area contributed by atoms with Crippen LogP contribution in [-0.2, 0) is 21.1 Å². The predicted octanol–water partition coefficient (Wildman–Crippen LogP) is 0.893. The number of para-hydroxylation sites is 1. The van der Waals surface area contributed by atoms with Crippen LogP contribution in [0.4, 0.5) is 0 Å². The monoisotopic (exact) mass is 500 g/mol. The number of hydrogen-bond donors (Lipinski definition) is 3. The van der Waals surface area contributed by atoms with Gasteiger partial charge in [0.1, 0.15) is 18.2 Å². The maximum absolute atomic E-state index is 13.8. The lowest BCUT2D eigenvalue weighted by Gasteiger charge is -2.35. The molecule has 35 heavy (non-hydrogen) atoms. The summed E-state index contributed by atoms with van der Waals surface area (Å²) in [6.07, 6.45) is 2.23. The lowest BCUT2D eigenvalue weighted by Crippen LogP contribution is -2.56.